The lowest BCUT2D eigenvalue weighted by molar-refractivity contribution is 0.0378. The third kappa shape index (κ3) is 3.08. The van der Waals surface area contributed by atoms with Crippen molar-refractivity contribution in [2.45, 2.75) is 45.9 Å². The molecule has 0 atom stereocenters. The molecule has 0 unspecified atom stereocenters. The number of aromatic nitrogens is 3. The summed E-state index contributed by atoms with van der Waals surface area (Å²) in [7, 11) is 0. The van der Waals surface area contributed by atoms with Crippen molar-refractivity contribution < 1.29 is 9.53 Å². The molecule has 8 heteroatoms. The van der Waals surface area contributed by atoms with Crippen LogP contribution in [0.5, 0.6) is 0 Å². The Balaban J connectivity index is 2.12. The monoisotopic (exact) mass is 383 g/mol. The van der Waals surface area contributed by atoms with Gasteiger partial charge in [-0.3, -0.25) is 13.9 Å². The molecule has 0 spiro atoms. The van der Waals surface area contributed by atoms with E-state index in [0.717, 1.165) is 31.6 Å². The average molecular weight is 384 g/mol. The van der Waals surface area contributed by atoms with Crippen LogP contribution in [-0.2, 0) is 17.8 Å². The summed E-state index contributed by atoms with van der Waals surface area (Å²) in [5, 5.41) is 0.346. The Morgan fingerprint density at radius 2 is 1.75 bits per heavy atom. The number of halogens is 1. The van der Waals surface area contributed by atoms with Gasteiger partial charge in [0.25, 0.3) is 0 Å². The molecular formula is C16H18ClN3O2S2. The van der Waals surface area contributed by atoms with Crippen molar-refractivity contribution in [1.29, 1.82) is 0 Å². The molecule has 0 saturated carbocycles. The minimum Gasteiger partial charge on any atom is -0.459 e. The van der Waals surface area contributed by atoms with Crippen LogP contribution in [0.15, 0.2) is 18.2 Å². The van der Waals surface area contributed by atoms with Gasteiger partial charge < -0.3 is 4.74 Å². The summed E-state index contributed by atoms with van der Waals surface area (Å²) in [6.07, 6.45) is 1.95. The zero-order chi connectivity index (χ0) is 17.4. The van der Waals surface area contributed by atoms with Crippen molar-refractivity contribution >= 4 is 42.0 Å². The molecule has 0 N–H and O–H groups in total. The molecule has 1 aliphatic rings. The van der Waals surface area contributed by atoms with Gasteiger partial charge in [-0.2, -0.15) is 0 Å². The molecule has 0 amide bonds. The lowest BCUT2D eigenvalue weighted by Gasteiger charge is -2.15. The van der Waals surface area contributed by atoms with Gasteiger partial charge in [-0.15, -0.1) is 0 Å². The van der Waals surface area contributed by atoms with Crippen LogP contribution in [-0.4, -0.2) is 26.0 Å². The Hall–Kier alpha value is -1.44. The van der Waals surface area contributed by atoms with E-state index < -0.39 is 5.97 Å². The van der Waals surface area contributed by atoms with E-state index in [4.69, 9.17) is 40.8 Å². The minimum absolute atomic E-state index is 0.216. The van der Waals surface area contributed by atoms with Crippen LogP contribution in [0.2, 0.25) is 5.02 Å². The van der Waals surface area contributed by atoms with Crippen molar-refractivity contribution in [3.63, 3.8) is 0 Å². The number of hydrogen-bond acceptors (Lipinski definition) is 4. The van der Waals surface area contributed by atoms with Crippen LogP contribution in [0.1, 0.15) is 37.0 Å². The number of fused-ring (bicyclic) bond motifs is 1. The first-order valence-electron chi connectivity index (χ1n) is 7.83. The van der Waals surface area contributed by atoms with Gasteiger partial charge in [0.15, 0.2) is 0 Å². The highest BCUT2D eigenvalue weighted by atomic mass is 35.5. The summed E-state index contributed by atoms with van der Waals surface area (Å²) >= 11 is 17.3. The maximum atomic E-state index is 12.2. The first kappa shape index (κ1) is 17.4. The fourth-order valence-corrected chi connectivity index (χ4v) is 3.80. The highest BCUT2D eigenvalue weighted by Crippen LogP contribution is 2.23. The largest absolute Gasteiger partial charge is 0.459 e. The van der Waals surface area contributed by atoms with Gasteiger partial charge in [0.1, 0.15) is 0 Å². The number of ether oxygens (including phenoxy) is 1. The van der Waals surface area contributed by atoms with Crippen LogP contribution in [0.3, 0.4) is 0 Å². The lowest BCUT2D eigenvalue weighted by atomic mass is 10.2. The van der Waals surface area contributed by atoms with E-state index in [2.05, 4.69) is 0 Å². The van der Waals surface area contributed by atoms with Crippen molar-refractivity contribution in [1.82, 2.24) is 13.9 Å². The molecule has 24 heavy (non-hydrogen) atoms. The Morgan fingerprint density at radius 1 is 1.17 bits per heavy atom. The zero-order valence-electron chi connectivity index (χ0n) is 13.5. The van der Waals surface area contributed by atoms with E-state index in [9.17, 15) is 4.79 Å². The standard InChI is InChI=1S/C16H18ClN3O2S2/c1-10(2)22-14(21)12-9-11(5-6-13(12)17)20-15(23)18-7-3-4-8-19(18)16(20)24/h5-6,9-10H,3-4,7-8H2,1-2H3. The van der Waals surface area contributed by atoms with Gasteiger partial charge in [-0.05, 0) is 69.3 Å². The summed E-state index contributed by atoms with van der Waals surface area (Å²) < 4.78 is 12.3. The van der Waals surface area contributed by atoms with E-state index in [0.29, 0.717) is 20.1 Å². The molecule has 0 fully saturated rings. The highest BCUT2D eigenvalue weighted by molar-refractivity contribution is 7.72. The molecule has 0 bridgehead atoms. The van der Waals surface area contributed by atoms with Crippen LogP contribution >= 0.6 is 36.0 Å². The molecule has 128 valence electrons. The van der Waals surface area contributed by atoms with Crippen LogP contribution in [0.25, 0.3) is 5.69 Å². The summed E-state index contributed by atoms with van der Waals surface area (Å²) in [5.74, 6) is -0.453. The maximum Gasteiger partial charge on any atom is 0.339 e. The van der Waals surface area contributed by atoms with Gasteiger partial charge in [-0.25, -0.2) is 4.79 Å². The van der Waals surface area contributed by atoms with Gasteiger partial charge in [-0.1, -0.05) is 11.6 Å². The lowest BCUT2D eigenvalue weighted by Crippen LogP contribution is -2.18. The Kier molecular flexibility index (Phi) is 4.94. The maximum absolute atomic E-state index is 12.2. The average Bonchev–Trinajstić information content (AvgIpc) is 2.79. The molecule has 2 aromatic rings. The summed E-state index contributed by atoms with van der Waals surface area (Å²) in [6, 6.07) is 5.17. The molecule has 3 rings (SSSR count). The van der Waals surface area contributed by atoms with Crippen molar-refractivity contribution in [2.75, 3.05) is 0 Å². The zero-order valence-corrected chi connectivity index (χ0v) is 15.9. The Labute approximate surface area is 155 Å². The second-order valence-electron chi connectivity index (χ2n) is 5.97. The minimum atomic E-state index is -0.453. The molecule has 1 aliphatic heterocycles. The topological polar surface area (TPSA) is 41.1 Å². The van der Waals surface area contributed by atoms with Crippen LogP contribution in [0, 0.1) is 9.54 Å². The third-order valence-corrected chi connectivity index (χ3v) is 4.99. The van der Waals surface area contributed by atoms with E-state index in [1.165, 1.54) is 0 Å². The number of hydrogen-bond donors (Lipinski definition) is 0. The summed E-state index contributed by atoms with van der Waals surface area (Å²) in [6.45, 7) is 5.30. The fraction of sp³-hybridized carbons (Fsp3) is 0.438. The molecular weight excluding hydrogens is 366 g/mol. The predicted octanol–water partition coefficient (Wildman–Crippen LogP) is 4.55. The molecule has 2 heterocycles. The number of nitrogens with zero attached hydrogens (tertiary/aromatic N) is 3. The normalized spacial score (nSPS) is 13.8. The molecule has 0 radical (unpaired) electrons. The van der Waals surface area contributed by atoms with Crippen molar-refractivity contribution in [3.05, 3.63) is 38.3 Å². The smallest absolute Gasteiger partial charge is 0.339 e. The molecule has 0 saturated heterocycles. The number of carbonyl (C=O) groups is 1. The Bertz CT molecular complexity index is 874. The van der Waals surface area contributed by atoms with E-state index in [-0.39, 0.29) is 6.10 Å². The number of esters is 1. The number of carbonyl (C=O) groups excluding carboxylic acids is 1. The number of rotatable bonds is 3. The Morgan fingerprint density at radius 3 is 2.29 bits per heavy atom. The van der Waals surface area contributed by atoms with Crippen LogP contribution in [0.4, 0.5) is 0 Å². The van der Waals surface area contributed by atoms with Gasteiger partial charge in [0.05, 0.1) is 22.4 Å². The predicted molar refractivity (Wildman–Crippen MR) is 98.2 cm³/mol. The van der Waals surface area contributed by atoms with E-state index in [1.807, 2.05) is 15.4 Å². The molecule has 1 aromatic carbocycles. The summed E-state index contributed by atoms with van der Waals surface area (Å²) in [5.41, 5.74) is 1.04. The number of benzene rings is 1. The van der Waals surface area contributed by atoms with E-state index >= 15 is 0 Å². The SMILES string of the molecule is CC(C)OC(=O)c1cc(-n2c(=S)n3n(c2=S)CCCC3)ccc1Cl. The van der Waals surface area contributed by atoms with Crippen molar-refractivity contribution in [3.8, 4) is 5.69 Å². The van der Waals surface area contributed by atoms with Gasteiger partial charge >= 0.3 is 5.97 Å². The highest BCUT2D eigenvalue weighted by Gasteiger charge is 2.18. The third-order valence-electron chi connectivity index (χ3n) is 3.88. The molecule has 0 aliphatic carbocycles. The fourth-order valence-electron chi connectivity index (χ4n) is 2.78. The second kappa shape index (κ2) is 6.82. The first-order valence-corrected chi connectivity index (χ1v) is 9.03. The molecule has 1 aromatic heterocycles. The quantitative estimate of drug-likeness (QED) is 0.575. The molecule has 5 nitrogen and oxygen atoms in total. The summed E-state index contributed by atoms with van der Waals surface area (Å²) in [4.78, 5) is 12.2. The second-order valence-corrected chi connectivity index (χ2v) is 7.11. The van der Waals surface area contributed by atoms with Crippen LogP contribution < -0.4 is 0 Å². The van der Waals surface area contributed by atoms with Crippen molar-refractivity contribution in [2.24, 2.45) is 0 Å². The first-order chi connectivity index (χ1) is 11.4. The van der Waals surface area contributed by atoms with Gasteiger partial charge in [0, 0.05) is 13.1 Å². The van der Waals surface area contributed by atoms with E-state index in [1.54, 1.807) is 30.5 Å². The van der Waals surface area contributed by atoms with Gasteiger partial charge in [0.2, 0.25) is 9.54 Å².